The number of para-hydroxylation sites is 1. The van der Waals surface area contributed by atoms with Crippen LogP contribution < -0.4 is 11.0 Å². The van der Waals surface area contributed by atoms with Gasteiger partial charge in [0.25, 0.3) is 0 Å². The Morgan fingerprint density at radius 1 is 1.11 bits per heavy atom. The smallest absolute Gasteiger partial charge is 0.347 e. The summed E-state index contributed by atoms with van der Waals surface area (Å²) in [4.78, 5) is 37.9. The lowest BCUT2D eigenvalue weighted by Crippen LogP contribution is -2.41. The number of carbonyl (C=O) groups is 2. The summed E-state index contributed by atoms with van der Waals surface area (Å²) in [5.41, 5.74) is 0.549. The van der Waals surface area contributed by atoms with Gasteiger partial charge in [-0.25, -0.2) is 14.5 Å². The van der Waals surface area contributed by atoms with Gasteiger partial charge in [0, 0.05) is 37.9 Å². The fourth-order valence-corrected chi connectivity index (χ4v) is 3.97. The molecule has 1 atom stereocenters. The number of nitrogens with one attached hydrogen (secondary N) is 2. The third-order valence-electron chi connectivity index (χ3n) is 5.43. The molecule has 2 N–H and O–H groups in total. The second-order valence-corrected chi connectivity index (χ2v) is 7.22. The molecule has 0 radical (unpaired) electrons. The first-order chi connectivity index (χ1) is 13.1. The number of aromatic amines is 1. The quantitative estimate of drug-likeness (QED) is 0.837. The average Bonchev–Trinajstić information content (AvgIpc) is 3.28. The van der Waals surface area contributed by atoms with E-state index in [1.807, 2.05) is 35.2 Å². The van der Waals surface area contributed by atoms with Crippen molar-refractivity contribution in [3.63, 3.8) is 0 Å². The number of piperidine rings is 1. The highest BCUT2D eigenvalue weighted by atomic mass is 16.2. The van der Waals surface area contributed by atoms with Crippen LogP contribution in [-0.4, -0.2) is 50.6 Å². The zero-order chi connectivity index (χ0) is 18.8. The molecule has 0 aliphatic carbocycles. The molecule has 1 aromatic heterocycles. The van der Waals surface area contributed by atoms with E-state index in [1.54, 1.807) is 4.57 Å². The van der Waals surface area contributed by atoms with Crippen molar-refractivity contribution in [1.29, 1.82) is 0 Å². The first-order valence-corrected chi connectivity index (χ1v) is 9.41. The van der Waals surface area contributed by atoms with Crippen LogP contribution in [0, 0.1) is 0 Å². The van der Waals surface area contributed by atoms with Crippen LogP contribution in [0.3, 0.4) is 0 Å². The van der Waals surface area contributed by atoms with E-state index in [4.69, 9.17) is 0 Å². The molecular formula is C19H23N5O3. The number of rotatable bonds is 4. The summed E-state index contributed by atoms with van der Waals surface area (Å²) in [5, 5.41) is 9.66. The minimum atomic E-state index is -0.244. The van der Waals surface area contributed by atoms with E-state index in [1.165, 1.54) is 0 Å². The predicted molar refractivity (Wildman–Crippen MR) is 98.5 cm³/mol. The highest BCUT2D eigenvalue weighted by Crippen LogP contribution is 2.28. The van der Waals surface area contributed by atoms with Crippen molar-refractivity contribution in [2.45, 2.75) is 44.1 Å². The van der Waals surface area contributed by atoms with Crippen LogP contribution >= 0.6 is 0 Å². The van der Waals surface area contributed by atoms with Crippen LogP contribution in [-0.2, 0) is 9.59 Å². The molecule has 0 spiro atoms. The van der Waals surface area contributed by atoms with Gasteiger partial charge in [-0.3, -0.25) is 9.59 Å². The van der Waals surface area contributed by atoms with E-state index in [0.717, 1.165) is 30.8 Å². The zero-order valence-electron chi connectivity index (χ0n) is 15.1. The zero-order valence-corrected chi connectivity index (χ0v) is 15.1. The monoisotopic (exact) mass is 369 g/mol. The van der Waals surface area contributed by atoms with Crippen molar-refractivity contribution in [2.75, 3.05) is 13.1 Å². The van der Waals surface area contributed by atoms with Gasteiger partial charge in [0.1, 0.15) is 5.82 Å². The maximum Gasteiger partial charge on any atom is 0.347 e. The standard InChI is InChI=1S/C19H23N5O3/c25-16-7-6-14(20-16)12-17(26)23-10-8-13(9-11-23)18-21-22-19(27)24(18)15-4-2-1-3-5-15/h1-5,13-14H,6-12H2,(H,20,25)(H,22,27)/t14-/m1/s1. The number of nitrogens with zero attached hydrogens (tertiary/aromatic N) is 3. The van der Waals surface area contributed by atoms with Gasteiger partial charge in [0.2, 0.25) is 11.8 Å². The molecular weight excluding hydrogens is 346 g/mol. The minimum absolute atomic E-state index is 0.0303. The van der Waals surface area contributed by atoms with E-state index >= 15 is 0 Å². The van der Waals surface area contributed by atoms with Gasteiger partial charge in [0.15, 0.2) is 0 Å². The number of carbonyl (C=O) groups excluding carboxylic acids is 2. The Hall–Kier alpha value is -2.90. The van der Waals surface area contributed by atoms with Gasteiger partial charge in [-0.05, 0) is 31.4 Å². The Morgan fingerprint density at radius 3 is 2.52 bits per heavy atom. The lowest BCUT2D eigenvalue weighted by Gasteiger charge is -2.32. The molecule has 27 heavy (non-hydrogen) atoms. The van der Waals surface area contributed by atoms with Crippen LogP contribution in [0.4, 0.5) is 0 Å². The molecule has 0 bridgehead atoms. The second kappa shape index (κ2) is 7.38. The third-order valence-corrected chi connectivity index (χ3v) is 5.43. The number of benzene rings is 1. The summed E-state index contributed by atoms with van der Waals surface area (Å²) >= 11 is 0. The van der Waals surface area contributed by atoms with Crippen molar-refractivity contribution in [3.8, 4) is 5.69 Å². The molecule has 142 valence electrons. The minimum Gasteiger partial charge on any atom is -0.353 e. The number of amides is 2. The number of hydrogen-bond acceptors (Lipinski definition) is 4. The van der Waals surface area contributed by atoms with E-state index in [-0.39, 0.29) is 29.5 Å². The van der Waals surface area contributed by atoms with Crippen molar-refractivity contribution in [3.05, 3.63) is 46.6 Å². The van der Waals surface area contributed by atoms with E-state index in [2.05, 4.69) is 15.5 Å². The Labute approximate surface area is 156 Å². The maximum atomic E-state index is 12.5. The first kappa shape index (κ1) is 17.5. The van der Waals surface area contributed by atoms with Gasteiger partial charge in [-0.2, -0.15) is 5.10 Å². The van der Waals surface area contributed by atoms with Crippen LogP contribution in [0.15, 0.2) is 35.1 Å². The van der Waals surface area contributed by atoms with E-state index < -0.39 is 0 Å². The fourth-order valence-electron chi connectivity index (χ4n) is 3.97. The van der Waals surface area contributed by atoms with Crippen LogP contribution in [0.25, 0.3) is 5.69 Å². The molecule has 1 aromatic carbocycles. The summed E-state index contributed by atoms with van der Waals surface area (Å²) in [6.45, 7) is 1.28. The summed E-state index contributed by atoms with van der Waals surface area (Å²) in [7, 11) is 0. The van der Waals surface area contributed by atoms with Crippen molar-refractivity contribution in [2.24, 2.45) is 0 Å². The third kappa shape index (κ3) is 3.65. The van der Waals surface area contributed by atoms with Crippen molar-refractivity contribution >= 4 is 11.8 Å². The molecule has 2 amide bonds. The number of aromatic nitrogens is 3. The van der Waals surface area contributed by atoms with Gasteiger partial charge in [0.05, 0.1) is 5.69 Å². The Bertz CT molecular complexity index is 880. The number of likely N-dealkylation sites (tertiary alicyclic amines) is 1. The summed E-state index contributed by atoms with van der Waals surface area (Å²) in [5.74, 6) is 0.966. The van der Waals surface area contributed by atoms with Gasteiger partial charge < -0.3 is 10.2 Å². The lowest BCUT2D eigenvalue weighted by atomic mass is 9.95. The highest BCUT2D eigenvalue weighted by molar-refractivity contribution is 5.82. The van der Waals surface area contributed by atoms with E-state index in [0.29, 0.717) is 25.9 Å². The molecule has 3 heterocycles. The SMILES string of the molecule is O=C1CC[C@H](CC(=O)N2CCC(c3n[nH]c(=O)n3-c3ccccc3)CC2)N1. The number of H-pyrrole nitrogens is 1. The van der Waals surface area contributed by atoms with Gasteiger partial charge in [-0.1, -0.05) is 18.2 Å². The predicted octanol–water partition coefficient (Wildman–Crippen LogP) is 0.935. The summed E-state index contributed by atoms with van der Waals surface area (Å²) in [6.07, 6.45) is 3.14. The van der Waals surface area contributed by atoms with Crippen molar-refractivity contribution in [1.82, 2.24) is 25.0 Å². The normalized spacial score (nSPS) is 20.7. The topological polar surface area (TPSA) is 100 Å². The maximum absolute atomic E-state index is 12.5. The van der Waals surface area contributed by atoms with E-state index in [9.17, 15) is 14.4 Å². The Kier molecular flexibility index (Phi) is 4.79. The molecule has 2 fully saturated rings. The van der Waals surface area contributed by atoms with Crippen molar-refractivity contribution < 1.29 is 9.59 Å². The fraction of sp³-hybridized carbons (Fsp3) is 0.474. The molecule has 2 saturated heterocycles. The summed E-state index contributed by atoms with van der Waals surface area (Å²) < 4.78 is 1.62. The molecule has 2 aromatic rings. The van der Waals surface area contributed by atoms with Crippen LogP contribution in [0.2, 0.25) is 0 Å². The molecule has 0 saturated carbocycles. The van der Waals surface area contributed by atoms with Gasteiger partial charge in [-0.15, -0.1) is 0 Å². The van der Waals surface area contributed by atoms with Gasteiger partial charge >= 0.3 is 5.69 Å². The molecule has 8 nitrogen and oxygen atoms in total. The average molecular weight is 369 g/mol. The van der Waals surface area contributed by atoms with Crippen LogP contribution in [0.1, 0.15) is 43.8 Å². The number of hydrogen-bond donors (Lipinski definition) is 2. The largest absolute Gasteiger partial charge is 0.353 e. The first-order valence-electron chi connectivity index (χ1n) is 9.41. The molecule has 2 aliphatic rings. The molecule has 0 unspecified atom stereocenters. The van der Waals surface area contributed by atoms with Crippen LogP contribution in [0.5, 0.6) is 0 Å². The lowest BCUT2D eigenvalue weighted by molar-refractivity contribution is -0.132. The summed E-state index contributed by atoms with van der Waals surface area (Å²) in [6, 6.07) is 9.43. The molecule has 2 aliphatic heterocycles. The molecule has 4 rings (SSSR count). The molecule has 8 heteroatoms. The Morgan fingerprint density at radius 2 is 1.85 bits per heavy atom. The Balaban J connectivity index is 1.41. The highest BCUT2D eigenvalue weighted by Gasteiger charge is 2.30. The second-order valence-electron chi connectivity index (χ2n) is 7.22.